The van der Waals surface area contributed by atoms with Crippen LogP contribution in [-0.2, 0) is 13.6 Å². The van der Waals surface area contributed by atoms with Gasteiger partial charge in [-0.25, -0.2) is 8.78 Å². The zero-order valence-electron chi connectivity index (χ0n) is 22.0. The van der Waals surface area contributed by atoms with Gasteiger partial charge in [-0.1, -0.05) is 36.4 Å². The van der Waals surface area contributed by atoms with Crippen molar-refractivity contribution in [2.75, 3.05) is 20.4 Å². The van der Waals surface area contributed by atoms with E-state index in [4.69, 9.17) is 18.5 Å². The number of benzene rings is 4. The van der Waals surface area contributed by atoms with Gasteiger partial charge in [0.05, 0.1) is 0 Å². The van der Waals surface area contributed by atoms with Gasteiger partial charge in [-0.2, -0.15) is 0 Å². The number of rotatable bonds is 10. The third-order valence-electron chi connectivity index (χ3n) is 5.35. The molecule has 10 heteroatoms. The Morgan fingerprint density at radius 1 is 0.650 bits per heavy atom. The fourth-order valence-corrected chi connectivity index (χ4v) is 4.26. The summed E-state index contributed by atoms with van der Waals surface area (Å²) in [7, 11) is -0.984. The van der Waals surface area contributed by atoms with Crippen LogP contribution in [0, 0.1) is 11.6 Å². The van der Waals surface area contributed by atoms with E-state index in [9.17, 15) is 22.9 Å². The van der Waals surface area contributed by atoms with Gasteiger partial charge in [-0.3, -0.25) is 14.2 Å². The molecule has 0 aliphatic rings. The zero-order chi connectivity index (χ0) is 29.1. The van der Waals surface area contributed by atoms with Crippen molar-refractivity contribution in [2.45, 2.75) is 6.92 Å². The normalized spacial score (nSPS) is 10.7. The first kappa shape index (κ1) is 30.4. The Hall–Kier alpha value is -4.17. The molecule has 0 N–H and O–H groups in total. The SMILES string of the molecule is CC(=O)c1cccc(Oc2cccc(F)c2)c1.COP(=O)(CC(=O)c1cccc(Oc2cccc(F)c2)c1)OC. The van der Waals surface area contributed by atoms with E-state index in [1.165, 1.54) is 57.5 Å². The van der Waals surface area contributed by atoms with Gasteiger partial charge in [0.25, 0.3) is 0 Å². The van der Waals surface area contributed by atoms with Crippen LogP contribution in [0.25, 0.3) is 0 Å². The molecule has 0 bridgehead atoms. The van der Waals surface area contributed by atoms with Crippen LogP contribution in [0.5, 0.6) is 23.0 Å². The molecular weight excluding hydrogens is 541 g/mol. The molecule has 7 nitrogen and oxygen atoms in total. The first-order valence-electron chi connectivity index (χ1n) is 11.9. The molecule has 0 spiro atoms. The Labute approximate surface area is 230 Å². The van der Waals surface area contributed by atoms with Crippen molar-refractivity contribution in [3.05, 3.63) is 120 Å². The molecule has 0 aliphatic carbocycles. The van der Waals surface area contributed by atoms with E-state index in [1.807, 2.05) is 0 Å². The lowest BCUT2D eigenvalue weighted by Gasteiger charge is -2.13. The number of Topliss-reactive ketones (excluding diaryl/α,β-unsaturated/α-hetero) is 2. The van der Waals surface area contributed by atoms with Crippen LogP contribution in [-0.4, -0.2) is 31.9 Å². The summed E-state index contributed by atoms with van der Waals surface area (Å²) in [5, 5.41) is 0. The van der Waals surface area contributed by atoms with Crippen LogP contribution in [0.3, 0.4) is 0 Å². The van der Waals surface area contributed by atoms with Crippen LogP contribution in [0.1, 0.15) is 27.6 Å². The number of halogens is 2. The Bertz CT molecular complexity index is 1520. The van der Waals surface area contributed by atoms with Gasteiger partial charge >= 0.3 is 7.60 Å². The lowest BCUT2D eigenvalue weighted by atomic mass is 10.1. The Morgan fingerprint density at radius 2 is 1.05 bits per heavy atom. The minimum Gasteiger partial charge on any atom is -0.457 e. The quantitative estimate of drug-likeness (QED) is 0.141. The largest absolute Gasteiger partial charge is 0.457 e. The molecule has 40 heavy (non-hydrogen) atoms. The third-order valence-corrected chi connectivity index (χ3v) is 7.14. The summed E-state index contributed by atoms with van der Waals surface area (Å²) in [5.41, 5.74) is 0.868. The Balaban J connectivity index is 0.000000230. The molecule has 0 radical (unpaired) electrons. The number of ether oxygens (including phenoxy) is 2. The number of carbonyl (C=O) groups is 2. The second-order valence-corrected chi connectivity index (χ2v) is 10.6. The molecule has 0 fully saturated rings. The fourth-order valence-electron chi connectivity index (χ4n) is 3.32. The van der Waals surface area contributed by atoms with E-state index in [-0.39, 0.29) is 17.8 Å². The highest BCUT2D eigenvalue weighted by atomic mass is 31.2. The molecule has 0 heterocycles. The molecule has 4 aromatic rings. The van der Waals surface area contributed by atoms with Crippen molar-refractivity contribution in [3.8, 4) is 23.0 Å². The minimum absolute atomic E-state index is 0.0327. The minimum atomic E-state index is -3.43. The van der Waals surface area contributed by atoms with E-state index < -0.39 is 19.2 Å². The summed E-state index contributed by atoms with van der Waals surface area (Å²) in [6.45, 7) is 1.49. The molecule has 4 aromatic carbocycles. The van der Waals surface area contributed by atoms with Crippen molar-refractivity contribution in [1.82, 2.24) is 0 Å². The van der Waals surface area contributed by atoms with Crippen molar-refractivity contribution < 1.29 is 41.5 Å². The van der Waals surface area contributed by atoms with Crippen LogP contribution in [0.2, 0.25) is 0 Å². The van der Waals surface area contributed by atoms with E-state index >= 15 is 0 Å². The standard InChI is InChI=1S/C16H16FO5P.C14H11FO2/c1-20-23(19,21-2)11-16(18)12-5-3-7-14(9-12)22-15-8-4-6-13(17)10-15;1-10(16)11-4-2-6-13(8-11)17-14-7-3-5-12(15)9-14/h3-10H,11H2,1-2H3;2-9H,1H3. The van der Waals surface area contributed by atoms with Crippen molar-refractivity contribution >= 4 is 19.2 Å². The molecule has 0 unspecified atom stereocenters. The predicted molar refractivity (Wildman–Crippen MR) is 147 cm³/mol. The molecule has 0 saturated heterocycles. The van der Waals surface area contributed by atoms with Gasteiger partial charge < -0.3 is 18.5 Å². The van der Waals surface area contributed by atoms with Crippen molar-refractivity contribution in [2.24, 2.45) is 0 Å². The van der Waals surface area contributed by atoms with Crippen LogP contribution < -0.4 is 9.47 Å². The fraction of sp³-hybridized carbons (Fsp3) is 0.133. The lowest BCUT2D eigenvalue weighted by Crippen LogP contribution is -2.08. The summed E-state index contributed by atoms with van der Waals surface area (Å²) < 4.78 is 58.6. The van der Waals surface area contributed by atoms with Crippen molar-refractivity contribution in [1.29, 1.82) is 0 Å². The van der Waals surface area contributed by atoms with Gasteiger partial charge in [-0.15, -0.1) is 0 Å². The highest BCUT2D eigenvalue weighted by Gasteiger charge is 2.26. The molecule has 0 aliphatic heterocycles. The van der Waals surface area contributed by atoms with Gasteiger partial charge in [0, 0.05) is 37.5 Å². The zero-order valence-corrected chi connectivity index (χ0v) is 22.9. The van der Waals surface area contributed by atoms with Gasteiger partial charge in [-0.05, 0) is 55.5 Å². The van der Waals surface area contributed by atoms with E-state index in [0.717, 1.165) is 0 Å². The van der Waals surface area contributed by atoms with E-state index in [1.54, 1.807) is 60.7 Å². The van der Waals surface area contributed by atoms with Crippen LogP contribution in [0.15, 0.2) is 97.1 Å². The van der Waals surface area contributed by atoms with Crippen LogP contribution >= 0.6 is 7.60 Å². The van der Waals surface area contributed by atoms with E-state index in [0.29, 0.717) is 34.1 Å². The van der Waals surface area contributed by atoms with Gasteiger partial charge in [0.15, 0.2) is 11.6 Å². The molecule has 0 aromatic heterocycles. The maximum Gasteiger partial charge on any atom is 0.337 e. The summed E-state index contributed by atoms with van der Waals surface area (Å²) in [6.07, 6.45) is -0.372. The third kappa shape index (κ3) is 9.24. The van der Waals surface area contributed by atoms with Crippen molar-refractivity contribution in [3.63, 3.8) is 0 Å². The van der Waals surface area contributed by atoms with E-state index in [2.05, 4.69) is 0 Å². The average molecular weight is 569 g/mol. The summed E-state index contributed by atoms with van der Waals surface area (Å²) >= 11 is 0. The second kappa shape index (κ2) is 14.3. The summed E-state index contributed by atoms with van der Waals surface area (Å²) in [6, 6.07) is 24.6. The topological polar surface area (TPSA) is 88.1 Å². The highest BCUT2D eigenvalue weighted by molar-refractivity contribution is 7.54. The average Bonchev–Trinajstić information content (AvgIpc) is 2.93. The lowest BCUT2D eigenvalue weighted by molar-refractivity contribution is 0.100. The number of carbonyl (C=O) groups excluding carboxylic acids is 2. The first-order chi connectivity index (χ1) is 19.1. The molecule has 4 rings (SSSR count). The maximum absolute atomic E-state index is 13.1. The van der Waals surface area contributed by atoms with Gasteiger partial charge in [0.2, 0.25) is 0 Å². The first-order valence-corrected chi connectivity index (χ1v) is 13.7. The smallest absolute Gasteiger partial charge is 0.337 e. The number of hydrogen-bond donors (Lipinski definition) is 0. The number of ketones is 2. The molecule has 0 saturated carbocycles. The summed E-state index contributed by atoms with van der Waals surface area (Å²) in [4.78, 5) is 23.4. The monoisotopic (exact) mass is 568 g/mol. The highest BCUT2D eigenvalue weighted by Crippen LogP contribution is 2.46. The van der Waals surface area contributed by atoms with Crippen LogP contribution in [0.4, 0.5) is 8.78 Å². The molecule has 208 valence electrons. The van der Waals surface area contributed by atoms with Gasteiger partial charge in [0.1, 0.15) is 40.8 Å². The molecule has 0 atom stereocenters. The maximum atomic E-state index is 13.1. The Morgan fingerprint density at radius 3 is 1.48 bits per heavy atom. The molecular formula is C30H27F2O7P. The second-order valence-electron chi connectivity index (χ2n) is 8.29. The Kier molecular flexibility index (Phi) is 10.8. The summed E-state index contributed by atoms with van der Waals surface area (Å²) in [5.74, 6) is 0.395. The predicted octanol–water partition coefficient (Wildman–Crippen LogP) is 8.11. The molecule has 0 amide bonds. The number of hydrogen-bond acceptors (Lipinski definition) is 7.